The molecule has 8 nitrogen and oxygen atoms in total. The number of esters is 1. The molecule has 0 bridgehead atoms. The van der Waals surface area contributed by atoms with E-state index in [0.29, 0.717) is 25.4 Å². The molecular weight excluding hydrogens is 406 g/mol. The van der Waals surface area contributed by atoms with E-state index in [2.05, 4.69) is 15.0 Å². The number of nitrogens with one attached hydrogen (secondary N) is 1. The van der Waals surface area contributed by atoms with Crippen LogP contribution in [0.5, 0.6) is 5.75 Å². The van der Waals surface area contributed by atoms with Gasteiger partial charge in [-0.25, -0.2) is 4.98 Å². The highest BCUT2D eigenvalue weighted by Crippen LogP contribution is 2.22. The monoisotopic (exact) mass is 429 g/mol. The lowest BCUT2D eigenvalue weighted by Gasteiger charge is -2.33. The number of thiazole rings is 1. The molecule has 1 aliphatic heterocycles. The van der Waals surface area contributed by atoms with Crippen LogP contribution in [0.3, 0.4) is 0 Å². The number of rotatable bonds is 7. The van der Waals surface area contributed by atoms with E-state index < -0.39 is 12.0 Å². The average Bonchev–Trinajstić information content (AvgIpc) is 3.17. The van der Waals surface area contributed by atoms with E-state index in [4.69, 9.17) is 4.74 Å². The zero-order valence-corrected chi connectivity index (χ0v) is 17.6. The fraction of sp³-hybridized carbons (Fsp3) is 0.333. The highest BCUT2D eigenvalue weighted by molar-refractivity contribution is 7.09. The Balaban J connectivity index is 1.70. The average molecular weight is 429 g/mol. The van der Waals surface area contributed by atoms with Gasteiger partial charge in [0.1, 0.15) is 18.4 Å². The van der Waals surface area contributed by atoms with E-state index in [1.54, 1.807) is 17.4 Å². The molecule has 2 aromatic rings. The zero-order valence-electron chi connectivity index (χ0n) is 16.8. The number of ether oxygens (including phenoxy) is 2. The molecule has 1 fully saturated rings. The van der Waals surface area contributed by atoms with Gasteiger partial charge in [-0.2, -0.15) is 0 Å². The SMILES string of the molecule is COC(=O)CC1C(=O)NCCN1C(=O)/C=C/c1ccccc1OCc1csc(C)n1. The molecule has 1 N–H and O–H groups in total. The van der Waals surface area contributed by atoms with Crippen molar-refractivity contribution in [1.29, 1.82) is 0 Å². The maximum absolute atomic E-state index is 12.7. The number of benzene rings is 1. The van der Waals surface area contributed by atoms with Crippen LogP contribution in [0.1, 0.15) is 22.7 Å². The third-order valence-electron chi connectivity index (χ3n) is 4.57. The summed E-state index contributed by atoms with van der Waals surface area (Å²) in [6.07, 6.45) is 2.85. The van der Waals surface area contributed by atoms with Crippen molar-refractivity contribution in [3.63, 3.8) is 0 Å². The molecule has 2 heterocycles. The summed E-state index contributed by atoms with van der Waals surface area (Å²) in [5, 5.41) is 5.59. The van der Waals surface area contributed by atoms with Crippen molar-refractivity contribution in [2.24, 2.45) is 0 Å². The highest BCUT2D eigenvalue weighted by Gasteiger charge is 2.34. The molecule has 9 heteroatoms. The van der Waals surface area contributed by atoms with Gasteiger partial charge in [0.25, 0.3) is 0 Å². The van der Waals surface area contributed by atoms with Gasteiger partial charge < -0.3 is 19.7 Å². The van der Waals surface area contributed by atoms with Crippen molar-refractivity contribution < 1.29 is 23.9 Å². The maximum atomic E-state index is 12.7. The minimum Gasteiger partial charge on any atom is -0.487 e. The lowest BCUT2D eigenvalue weighted by Crippen LogP contribution is -2.57. The van der Waals surface area contributed by atoms with Crippen molar-refractivity contribution in [2.75, 3.05) is 20.2 Å². The van der Waals surface area contributed by atoms with E-state index in [9.17, 15) is 14.4 Å². The molecule has 3 rings (SSSR count). The second kappa shape index (κ2) is 10.0. The third-order valence-corrected chi connectivity index (χ3v) is 5.39. The first-order chi connectivity index (χ1) is 14.5. The Bertz CT molecular complexity index is 956. The largest absolute Gasteiger partial charge is 0.487 e. The summed E-state index contributed by atoms with van der Waals surface area (Å²) < 4.78 is 10.5. The van der Waals surface area contributed by atoms with Crippen LogP contribution in [0.2, 0.25) is 0 Å². The summed E-state index contributed by atoms with van der Waals surface area (Å²) >= 11 is 1.56. The molecule has 30 heavy (non-hydrogen) atoms. The van der Waals surface area contributed by atoms with Crippen LogP contribution in [-0.2, 0) is 25.7 Å². The Kier molecular flexibility index (Phi) is 7.18. The van der Waals surface area contributed by atoms with Gasteiger partial charge in [0.2, 0.25) is 11.8 Å². The Morgan fingerprint density at radius 1 is 1.37 bits per heavy atom. The lowest BCUT2D eigenvalue weighted by atomic mass is 10.1. The number of aryl methyl sites for hydroxylation is 1. The van der Waals surface area contributed by atoms with Gasteiger partial charge in [-0.1, -0.05) is 18.2 Å². The minimum absolute atomic E-state index is 0.186. The molecule has 158 valence electrons. The smallest absolute Gasteiger partial charge is 0.308 e. The van der Waals surface area contributed by atoms with E-state index >= 15 is 0 Å². The summed E-state index contributed by atoms with van der Waals surface area (Å²) in [4.78, 5) is 42.3. The molecular formula is C21H23N3O5S. The maximum Gasteiger partial charge on any atom is 0.308 e. The summed E-state index contributed by atoms with van der Waals surface area (Å²) in [5.41, 5.74) is 1.57. The van der Waals surface area contributed by atoms with Crippen LogP contribution in [-0.4, -0.2) is 53.9 Å². The number of nitrogens with zero attached hydrogens (tertiary/aromatic N) is 2. The molecule has 1 atom stereocenters. The van der Waals surface area contributed by atoms with Gasteiger partial charge >= 0.3 is 5.97 Å². The van der Waals surface area contributed by atoms with Gasteiger partial charge in [-0.05, 0) is 19.1 Å². The normalized spacial score (nSPS) is 16.4. The minimum atomic E-state index is -0.886. The first kappa shape index (κ1) is 21.5. The molecule has 1 aromatic heterocycles. The summed E-state index contributed by atoms with van der Waals surface area (Å²) in [6.45, 7) is 2.92. The number of carbonyl (C=O) groups is 3. The fourth-order valence-corrected chi connectivity index (χ4v) is 3.65. The first-order valence-electron chi connectivity index (χ1n) is 9.44. The van der Waals surface area contributed by atoms with Crippen LogP contribution in [0, 0.1) is 6.92 Å². The molecule has 0 spiro atoms. The summed E-state index contributed by atoms with van der Waals surface area (Å²) in [6, 6.07) is 6.46. The second-order valence-electron chi connectivity index (χ2n) is 6.64. The van der Waals surface area contributed by atoms with E-state index in [-0.39, 0.29) is 18.2 Å². The number of methoxy groups -OCH3 is 1. The van der Waals surface area contributed by atoms with Crippen LogP contribution in [0.25, 0.3) is 6.08 Å². The number of piperazine rings is 1. The Morgan fingerprint density at radius 3 is 2.90 bits per heavy atom. The van der Waals surface area contributed by atoms with E-state index in [1.165, 1.54) is 18.1 Å². The van der Waals surface area contributed by atoms with E-state index in [1.807, 2.05) is 36.6 Å². The van der Waals surface area contributed by atoms with Gasteiger partial charge in [-0.15, -0.1) is 11.3 Å². The number of amides is 2. The van der Waals surface area contributed by atoms with Crippen LogP contribution >= 0.6 is 11.3 Å². The van der Waals surface area contributed by atoms with Crippen molar-refractivity contribution in [2.45, 2.75) is 26.0 Å². The predicted octanol–water partition coefficient (Wildman–Crippen LogP) is 1.93. The quantitative estimate of drug-likeness (QED) is 0.534. The van der Waals surface area contributed by atoms with Crippen molar-refractivity contribution >= 4 is 35.2 Å². The Hall–Kier alpha value is -3.20. The van der Waals surface area contributed by atoms with Gasteiger partial charge in [0, 0.05) is 30.1 Å². The fourth-order valence-electron chi connectivity index (χ4n) is 3.06. The summed E-state index contributed by atoms with van der Waals surface area (Å²) in [5.74, 6) is -0.649. The number of aromatic nitrogens is 1. The first-order valence-corrected chi connectivity index (χ1v) is 10.3. The van der Waals surface area contributed by atoms with Gasteiger partial charge in [0.15, 0.2) is 0 Å². The Morgan fingerprint density at radius 2 is 2.17 bits per heavy atom. The second-order valence-corrected chi connectivity index (χ2v) is 7.70. The number of para-hydroxylation sites is 1. The molecule has 1 aliphatic rings. The molecule has 1 unspecified atom stereocenters. The van der Waals surface area contributed by atoms with Crippen LogP contribution in [0.15, 0.2) is 35.7 Å². The highest BCUT2D eigenvalue weighted by atomic mass is 32.1. The van der Waals surface area contributed by atoms with Crippen molar-refractivity contribution in [1.82, 2.24) is 15.2 Å². The molecule has 1 saturated heterocycles. The lowest BCUT2D eigenvalue weighted by molar-refractivity contribution is -0.148. The van der Waals surface area contributed by atoms with Crippen molar-refractivity contribution in [3.05, 3.63) is 52.0 Å². The molecule has 0 aliphatic carbocycles. The van der Waals surface area contributed by atoms with Crippen LogP contribution < -0.4 is 10.1 Å². The van der Waals surface area contributed by atoms with Gasteiger partial charge in [0.05, 0.1) is 24.2 Å². The molecule has 0 radical (unpaired) electrons. The zero-order chi connectivity index (χ0) is 21.5. The third kappa shape index (κ3) is 5.44. The van der Waals surface area contributed by atoms with Gasteiger partial charge in [-0.3, -0.25) is 14.4 Å². The molecule has 2 amide bonds. The number of carbonyl (C=O) groups excluding carboxylic acids is 3. The van der Waals surface area contributed by atoms with Crippen LogP contribution in [0.4, 0.5) is 0 Å². The topological polar surface area (TPSA) is 97.8 Å². The van der Waals surface area contributed by atoms with E-state index in [0.717, 1.165) is 16.3 Å². The number of hydrogen-bond acceptors (Lipinski definition) is 7. The summed E-state index contributed by atoms with van der Waals surface area (Å²) in [7, 11) is 1.25. The molecule has 1 aromatic carbocycles. The molecule has 0 saturated carbocycles. The van der Waals surface area contributed by atoms with Crippen molar-refractivity contribution in [3.8, 4) is 5.75 Å². The Labute approximate surface area is 178 Å². The number of hydrogen-bond donors (Lipinski definition) is 1. The predicted molar refractivity (Wildman–Crippen MR) is 112 cm³/mol. The standard InChI is InChI=1S/C21H23N3O5S/c1-14-23-16(13-30-14)12-29-18-6-4-3-5-15(18)7-8-19(25)24-10-9-22-21(27)17(24)11-20(26)28-2/h3-8,13,17H,9-12H2,1-2H3,(H,22,27)/b8-7+.